The summed E-state index contributed by atoms with van der Waals surface area (Å²) in [4.78, 5) is 11.7. The average Bonchev–Trinajstić information content (AvgIpc) is 2.98. The van der Waals surface area contributed by atoms with Crippen LogP contribution in [0.2, 0.25) is 0 Å². The number of thioether (sulfide) groups is 2. The molecule has 5 nitrogen and oxygen atoms in total. The molecule has 0 aliphatic carbocycles. The Balaban J connectivity index is 1.79. The molecule has 0 N–H and O–H groups in total. The number of rotatable bonds is 7. The molecule has 2 rings (SSSR count). The Kier molecular flexibility index (Phi) is 6.94. The molecule has 0 saturated carbocycles. The molecular weight excluding hydrogens is 364 g/mol. The summed E-state index contributed by atoms with van der Waals surface area (Å²) < 4.78 is 12.1. The number of ether oxygens (including phenoxy) is 2. The van der Waals surface area contributed by atoms with Gasteiger partial charge in [0.2, 0.25) is 0 Å². The van der Waals surface area contributed by atoms with Crippen LogP contribution in [-0.2, 0) is 15.3 Å². The van der Waals surface area contributed by atoms with Crippen LogP contribution in [0, 0.1) is 0 Å². The maximum absolute atomic E-state index is 11.7. The lowest BCUT2D eigenvalue weighted by Crippen LogP contribution is -2.24. The molecule has 2 aromatic rings. The van der Waals surface area contributed by atoms with Crippen LogP contribution in [0.3, 0.4) is 0 Å². The molecule has 1 aromatic carbocycles. The first-order valence-corrected chi connectivity index (χ1v) is 10.1. The number of hydrogen-bond acceptors (Lipinski definition) is 8. The normalized spacial score (nSPS) is 11.3. The third-order valence-electron chi connectivity index (χ3n) is 2.64. The van der Waals surface area contributed by atoms with E-state index in [-0.39, 0.29) is 11.7 Å². The summed E-state index contributed by atoms with van der Waals surface area (Å²) in [5.41, 5.74) is 0.733. The summed E-state index contributed by atoms with van der Waals surface area (Å²) in [6.07, 6.45) is 0. The molecule has 0 aliphatic heterocycles. The second kappa shape index (κ2) is 8.73. The van der Waals surface area contributed by atoms with E-state index in [0.29, 0.717) is 0 Å². The van der Waals surface area contributed by atoms with Crippen molar-refractivity contribution in [3.8, 4) is 5.75 Å². The lowest BCUT2D eigenvalue weighted by Gasteiger charge is -2.18. The lowest BCUT2D eigenvalue weighted by molar-refractivity contribution is -0.151. The first kappa shape index (κ1) is 19.1. The van der Waals surface area contributed by atoms with Gasteiger partial charge in [0.05, 0.1) is 12.9 Å². The van der Waals surface area contributed by atoms with E-state index in [2.05, 4.69) is 10.2 Å². The van der Waals surface area contributed by atoms with Gasteiger partial charge in [-0.3, -0.25) is 4.79 Å². The van der Waals surface area contributed by atoms with Gasteiger partial charge < -0.3 is 9.47 Å². The van der Waals surface area contributed by atoms with Crippen LogP contribution in [0.25, 0.3) is 0 Å². The van der Waals surface area contributed by atoms with E-state index < -0.39 is 5.60 Å². The van der Waals surface area contributed by atoms with Crippen LogP contribution < -0.4 is 4.74 Å². The smallest absolute Gasteiger partial charge is 0.316 e. The van der Waals surface area contributed by atoms with E-state index in [9.17, 15) is 4.79 Å². The fourth-order valence-electron chi connectivity index (χ4n) is 1.67. The first-order valence-electron chi connectivity index (χ1n) is 7.29. The standard InChI is InChI=1S/C16H20N2O3S3/c1-16(2,3)21-13(19)10-23-15-18-17-14(24-15)22-9-11-5-7-12(20-4)8-6-11/h5-8H,9-10H2,1-4H3. The highest BCUT2D eigenvalue weighted by molar-refractivity contribution is 8.03. The number of benzene rings is 1. The maximum Gasteiger partial charge on any atom is 0.316 e. The molecule has 0 atom stereocenters. The van der Waals surface area contributed by atoms with Gasteiger partial charge in [0, 0.05) is 5.75 Å². The predicted octanol–water partition coefficient (Wildman–Crippen LogP) is 4.27. The topological polar surface area (TPSA) is 61.3 Å². The second-order valence-corrected chi connectivity index (χ2v) is 9.27. The maximum atomic E-state index is 11.7. The van der Waals surface area contributed by atoms with Crippen LogP contribution in [0.15, 0.2) is 32.9 Å². The van der Waals surface area contributed by atoms with Crippen molar-refractivity contribution in [1.29, 1.82) is 0 Å². The highest BCUT2D eigenvalue weighted by Crippen LogP contribution is 2.31. The summed E-state index contributed by atoms with van der Waals surface area (Å²) in [6.45, 7) is 5.57. The van der Waals surface area contributed by atoms with Gasteiger partial charge in [-0.15, -0.1) is 10.2 Å². The molecule has 1 heterocycles. The zero-order valence-corrected chi connectivity index (χ0v) is 16.5. The quantitative estimate of drug-likeness (QED) is 0.522. The number of aromatic nitrogens is 2. The minimum atomic E-state index is -0.460. The molecule has 0 aliphatic rings. The van der Waals surface area contributed by atoms with Crippen LogP contribution in [0.5, 0.6) is 5.75 Å². The molecule has 8 heteroatoms. The summed E-state index contributed by atoms with van der Waals surface area (Å²) >= 11 is 4.47. The minimum absolute atomic E-state index is 0.241. The molecule has 24 heavy (non-hydrogen) atoms. The van der Waals surface area contributed by atoms with Crippen molar-refractivity contribution in [2.45, 2.75) is 40.8 Å². The lowest BCUT2D eigenvalue weighted by atomic mass is 10.2. The monoisotopic (exact) mass is 384 g/mol. The van der Waals surface area contributed by atoms with E-state index >= 15 is 0 Å². The van der Waals surface area contributed by atoms with Crippen LogP contribution in [0.4, 0.5) is 0 Å². The van der Waals surface area contributed by atoms with Gasteiger partial charge in [-0.2, -0.15) is 0 Å². The highest BCUT2D eigenvalue weighted by Gasteiger charge is 2.17. The first-order chi connectivity index (χ1) is 11.4. The molecule has 0 fully saturated rings. The summed E-state index contributed by atoms with van der Waals surface area (Å²) in [6, 6.07) is 7.95. The van der Waals surface area contributed by atoms with Gasteiger partial charge >= 0.3 is 5.97 Å². The van der Waals surface area contributed by atoms with E-state index in [1.165, 1.54) is 28.7 Å². The zero-order chi connectivity index (χ0) is 17.6. The van der Waals surface area contributed by atoms with Gasteiger partial charge in [0.15, 0.2) is 8.68 Å². The predicted molar refractivity (Wildman–Crippen MR) is 99.0 cm³/mol. The van der Waals surface area contributed by atoms with Gasteiger partial charge in [0.1, 0.15) is 11.4 Å². The zero-order valence-electron chi connectivity index (χ0n) is 14.1. The van der Waals surface area contributed by atoms with Crippen molar-refractivity contribution in [2.24, 2.45) is 0 Å². The largest absolute Gasteiger partial charge is 0.497 e. The van der Waals surface area contributed by atoms with Crippen molar-refractivity contribution in [3.63, 3.8) is 0 Å². The molecular formula is C16H20N2O3S3. The summed E-state index contributed by atoms with van der Waals surface area (Å²) in [7, 11) is 1.65. The van der Waals surface area contributed by atoms with Gasteiger partial charge in [-0.05, 0) is 38.5 Å². The third kappa shape index (κ3) is 6.70. The van der Waals surface area contributed by atoms with Crippen LogP contribution >= 0.6 is 34.9 Å². The fourth-order valence-corrected chi connectivity index (χ4v) is 4.42. The van der Waals surface area contributed by atoms with Gasteiger partial charge in [-0.25, -0.2) is 0 Å². The van der Waals surface area contributed by atoms with Crippen molar-refractivity contribution < 1.29 is 14.3 Å². The number of carbonyl (C=O) groups is 1. The Labute approximate surface area is 154 Å². The Morgan fingerprint density at radius 1 is 1.12 bits per heavy atom. The third-order valence-corrected chi connectivity index (χ3v) is 5.88. The van der Waals surface area contributed by atoms with Crippen LogP contribution in [-0.4, -0.2) is 34.6 Å². The molecule has 1 aromatic heterocycles. The van der Waals surface area contributed by atoms with Crippen molar-refractivity contribution in [2.75, 3.05) is 12.9 Å². The molecule has 0 spiro atoms. The number of carbonyl (C=O) groups excluding carboxylic acids is 1. The summed E-state index contributed by atoms with van der Waals surface area (Å²) in [5.74, 6) is 1.67. The summed E-state index contributed by atoms with van der Waals surface area (Å²) in [5, 5.41) is 8.26. The second-order valence-electron chi connectivity index (χ2n) is 5.85. The van der Waals surface area contributed by atoms with Crippen LogP contribution in [0.1, 0.15) is 26.3 Å². The van der Waals surface area contributed by atoms with Gasteiger partial charge in [0.25, 0.3) is 0 Å². The molecule has 0 amide bonds. The van der Waals surface area contributed by atoms with E-state index in [1.807, 2.05) is 45.0 Å². The van der Waals surface area contributed by atoms with E-state index in [4.69, 9.17) is 9.47 Å². The van der Waals surface area contributed by atoms with E-state index in [1.54, 1.807) is 18.9 Å². The highest BCUT2D eigenvalue weighted by atomic mass is 32.2. The number of nitrogens with zero attached hydrogens (tertiary/aromatic N) is 2. The van der Waals surface area contributed by atoms with Crippen molar-refractivity contribution in [1.82, 2.24) is 10.2 Å². The molecule has 0 radical (unpaired) electrons. The van der Waals surface area contributed by atoms with Crippen molar-refractivity contribution in [3.05, 3.63) is 29.8 Å². The molecule has 0 unspecified atom stereocenters. The fraction of sp³-hybridized carbons (Fsp3) is 0.438. The van der Waals surface area contributed by atoms with Gasteiger partial charge in [-0.1, -0.05) is 47.0 Å². The molecule has 0 saturated heterocycles. The SMILES string of the molecule is COc1ccc(CSc2nnc(SCC(=O)OC(C)(C)C)s2)cc1. The Hall–Kier alpha value is -1.25. The Morgan fingerprint density at radius 2 is 1.75 bits per heavy atom. The number of hydrogen-bond donors (Lipinski definition) is 0. The molecule has 0 bridgehead atoms. The molecule has 130 valence electrons. The van der Waals surface area contributed by atoms with E-state index in [0.717, 1.165) is 20.2 Å². The van der Waals surface area contributed by atoms with Crippen molar-refractivity contribution >= 4 is 40.8 Å². The average molecular weight is 385 g/mol. The number of methoxy groups -OCH3 is 1. The Bertz CT molecular complexity index is 666. The number of esters is 1. The Morgan fingerprint density at radius 3 is 2.33 bits per heavy atom. The minimum Gasteiger partial charge on any atom is -0.497 e.